The van der Waals surface area contributed by atoms with Crippen LogP contribution in [0.4, 0.5) is 5.69 Å². The Labute approximate surface area is 157 Å². The molecule has 0 aromatic heterocycles. The van der Waals surface area contributed by atoms with Gasteiger partial charge in [-0.05, 0) is 25.0 Å². The third kappa shape index (κ3) is 1.18. The molecule has 1 aromatic rings. The molecule has 1 N–H and O–H groups in total. The van der Waals surface area contributed by atoms with Gasteiger partial charge >= 0.3 is 5.97 Å². The van der Waals surface area contributed by atoms with Crippen LogP contribution in [-0.4, -0.2) is 48.8 Å². The van der Waals surface area contributed by atoms with E-state index in [0.29, 0.717) is 6.42 Å². The van der Waals surface area contributed by atoms with Crippen molar-refractivity contribution in [2.75, 3.05) is 19.0 Å². The minimum atomic E-state index is -0.788. The SMILES string of the molecule is CC=C1CN2C3CC1C1(C(=O)OC)C2OC2CC14c1ccccc1NC34O2. The number of allylic oxidation sites excluding steroid dienone is 1. The summed E-state index contributed by atoms with van der Waals surface area (Å²) >= 11 is 0. The number of piperidine rings is 4. The van der Waals surface area contributed by atoms with E-state index < -0.39 is 16.6 Å². The van der Waals surface area contributed by atoms with Crippen LogP contribution < -0.4 is 5.32 Å². The lowest BCUT2D eigenvalue weighted by molar-refractivity contribution is -0.303. The van der Waals surface area contributed by atoms with Gasteiger partial charge in [0.25, 0.3) is 0 Å². The molecule has 6 heteroatoms. The molecule has 8 aliphatic rings. The summed E-state index contributed by atoms with van der Waals surface area (Å²) in [5.74, 6) is -0.0368. The molecular weight excluding hydrogens is 344 g/mol. The highest BCUT2D eigenvalue weighted by atomic mass is 16.7. The highest BCUT2D eigenvalue weighted by molar-refractivity contribution is 5.87. The van der Waals surface area contributed by atoms with Gasteiger partial charge in [0.05, 0.1) is 18.6 Å². The maximum Gasteiger partial charge on any atom is 0.317 e. The number of ether oxygens (including phenoxy) is 3. The van der Waals surface area contributed by atoms with E-state index >= 15 is 0 Å². The lowest BCUT2D eigenvalue weighted by Gasteiger charge is -2.73. The molecule has 8 unspecified atom stereocenters. The minimum absolute atomic E-state index is 0.124. The zero-order valence-corrected chi connectivity index (χ0v) is 15.4. The average Bonchev–Trinajstić information content (AvgIpc) is 3.11. The average molecular weight is 366 g/mol. The first-order chi connectivity index (χ1) is 13.1. The first-order valence-electron chi connectivity index (χ1n) is 9.84. The van der Waals surface area contributed by atoms with E-state index in [2.05, 4.69) is 41.4 Å². The lowest BCUT2D eigenvalue weighted by Crippen LogP contribution is -2.88. The van der Waals surface area contributed by atoms with Crippen LogP contribution in [0.3, 0.4) is 0 Å². The van der Waals surface area contributed by atoms with Crippen LogP contribution in [0, 0.1) is 11.3 Å². The smallest absolute Gasteiger partial charge is 0.317 e. The molecule has 7 heterocycles. The summed E-state index contributed by atoms with van der Waals surface area (Å²) in [5.41, 5.74) is 1.73. The summed E-state index contributed by atoms with van der Waals surface area (Å²) in [4.78, 5) is 16.0. The molecule has 0 radical (unpaired) electrons. The third-order valence-corrected chi connectivity index (χ3v) is 8.39. The van der Waals surface area contributed by atoms with Crippen molar-refractivity contribution >= 4 is 11.7 Å². The quantitative estimate of drug-likeness (QED) is 0.606. The van der Waals surface area contributed by atoms with Crippen molar-refractivity contribution < 1.29 is 19.0 Å². The fraction of sp³-hybridized carbons (Fsp3) is 0.571. The van der Waals surface area contributed by atoms with Crippen molar-refractivity contribution in [2.24, 2.45) is 11.3 Å². The minimum Gasteiger partial charge on any atom is -0.468 e. The number of carbonyl (C=O) groups is 1. The molecule has 27 heavy (non-hydrogen) atoms. The van der Waals surface area contributed by atoms with Gasteiger partial charge in [-0.25, -0.2) is 0 Å². The number of hydrogen-bond acceptors (Lipinski definition) is 6. The summed E-state index contributed by atoms with van der Waals surface area (Å²) < 4.78 is 18.6. The molecule has 1 aliphatic carbocycles. The van der Waals surface area contributed by atoms with Gasteiger partial charge in [0.1, 0.15) is 11.6 Å². The van der Waals surface area contributed by atoms with E-state index in [9.17, 15) is 4.79 Å². The largest absolute Gasteiger partial charge is 0.468 e. The molecular formula is C21H22N2O4. The fourth-order valence-electron chi connectivity index (χ4n) is 7.80. The van der Waals surface area contributed by atoms with Crippen LogP contribution >= 0.6 is 0 Å². The van der Waals surface area contributed by atoms with E-state index in [0.717, 1.165) is 18.7 Å². The number of anilines is 1. The molecule has 6 saturated heterocycles. The zero-order valence-electron chi connectivity index (χ0n) is 15.4. The first-order valence-corrected chi connectivity index (χ1v) is 9.84. The lowest BCUT2D eigenvalue weighted by atomic mass is 9.39. The maximum absolute atomic E-state index is 13.7. The standard InChI is InChI=1S/C21H22N2O4/c1-3-11-10-23-15-8-13(11)20(18(24)25-2)17(23)26-16-9-19(20)12-6-4-5-7-14(12)22-21(15,19)27-16/h3-7,13,15-17,22H,8-10H2,1-2H3. The molecule has 7 fully saturated rings. The van der Waals surface area contributed by atoms with Crippen molar-refractivity contribution in [1.82, 2.24) is 4.90 Å². The predicted molar refractivity (Wildman–Crippen MR) is 95.6 cm³/mol. The van der Waals surface area contributed by atoms with Crippen molar-refractivity contribution in [2.45, 2.75) is 49.5 Å². The number of carbonyl (C=O) groups excluding carboxylic acids is 1. The number of fused-ring (bicyclic) bond motifs is 3. The molecule has 6 nitrogen and oxygen atoms in total. The highest BCUT2D eigenvalue weighted by Gasteiger charge is 2.92. The molecule has 7 aliphatic heterocycles. The fourth-order valence-corrected chi connectivity index (χ4v) is 7.80. The second-order valence-electron chi connectivity index (χ2n) is 8.75. The van der Waals surface area contributed by atoms with Gasteiger partial charge in [0.2, 0.25) is 0 Å². The number of methoxy groups -OCH3 is 1. The number of esters is 1. The second-order valence-corrected chi connectivity index (χ2v) is 8.75. The zero-order chi connectivity index (χ0) is 18.2. The van der Waals surface area contributed by atoms with E-state index in [-0.39, 0.29) is 30.4 Å². The van der Waals surface area contributed by atoms with Crippen molar-refractivity contribution in [3.8, 4) is 0 Å². The molecule has 1 saturated carbocycles. The van der Waals surface area contributed by atoms with Crippen LogP contribution in [0.1, 0.15) is 25.3 Å². The molecule has 1 spiro atoms. The van der Waals surface area contributed by atoms with Gasteiger partial charge in [-0.3, -0.25) is 9.69 Å². The molecule has 140 valence electrons. The number of rotatable bonds is 1. The summed E-state index contributed by atoms with van der Waals surface area (Å²) in [6.45, 7) is 2.92. The maximum atomic E-state index is 13.7. The van der Waals surface area contributed by atoms with Gasteiger partial charge in [0.15, 0.2) is 12.0 Å². The van der Waals surface area contributed by atoms with E-state index in [4.69, 9.17) is 14.2 Å². The van der Waals surface area contributed by atoms with Crippen molar-refractivity contribution in [3.63, 3.8) is 0 Å². The molecule has 8 atom stereocenters. The number of benzene rings is 1. The Morgan fingerprint density at radius 2 is 2.26 bits per heavy atom. The summed E-state index contributed by atoms with van der Waals surface area (Å²) in [6.07, 6.45) is 3.20. The van der Waals surface area contributed by atoms with Crippen molar-refractivity contribution in [3.05, 3.63) is 41.5 Å². The Kier molecular flexibility index (Phi) is 2.37. The normalized spacial score (nSPS) is 53.4. The monoisotopic (exact) mass is 366 g/mol. The molecule has 0 amide bonds. The summed E-state index contributed by atoms with van der Waals surface area (Å²) in [5, 5.41) is 3.74. The topological polar surface area (TPSA) is 60.0 Å². The third-order valence-electron chi connectivity index (χ3n) is 8.39. The van der Waals surface area contributed by atoms with Crippen molar-refractivity contribution in [1.29, 1.82) is 0 Å². The number of hydrogen-bond donors (Lipinski definition) is 1. The molecule has 1 aromatic carbocycles. The predicted octanol–water partition coefficient (Wildman–Crippen LogP) is 1.97. The molecule has 9 rings (SSSR count). The number of nitrogens with one attached hydrogen (secondary N) is 1. The highest BCUT2D eigenvalue weighted by Crippen LogP contribution is 2.79. The Hall–Kier alpha value is -1.89. The van der Waals surface area contributed by atoms with Crippen LogP contribution in [0.15, 0.2) is 35.9 Å². The Balaban J connectivity index is 1.63. The van der Waals surface area contributed by atoms with Crippen LogP contribution in [0.25, 0.3) is 0 Å². The van der Waals surface area contributed by atoms with Gasteiger partial charge in [-0.2, -0.15) is 0 Å². The van der Waals surface area contributed by atoms with Gasteiger partial charge in [0, 0.05) is 24.6 Å². The Morgan fingerprint density at radius 3 is 3.07 bits per heavy atom. The van der Waals surface area contributed by atoms with E-state index in [1.807, 2.05) is 6.07 Å². The number of nitrogens with zero attached hydrogens (tertiary/aromatic N) is 1. The number of para-hydroxylation sites is 1. The second kappa shape index (κ2) is 4.24. The Morgan fingerprint density at radius 1 is 1.41 bits per heavy atom. The summed E-state index contributed by atoms with van der Waals surface area (Å²) in [7, 11) is 1.51. The van der Waals surface area contributed by atoms with Gasteiger partial charge in [-0.15, -0.1) is 0 Å². The van der Waals surface area contributed by atoms with Gasteiger partial charge < -0.3 is 19.5 Å². The summed E-state index contributed by atoms with van der Waals surface area (Å²) in [6, 6.07) is 8.57. The van der Waals surface area contributed by atoms with E-state index in [1.54, 1.807) is 0 Å². The van der Waals surface area contributed by atoms with Gasteiger partial charge in [-0.1, -0.05) is 29.8 Å². The Bertz CT molecular complexity index is 946. The molecule has 7 bridgehead atoms. The van der Waals surface area contributed by atoms with E-state index in [1.165, 1.54) is 18.2 Å². The first kappa shape index (κ1) is 15.1. The van der Waals surface area contributed by atoms with Crippen LogP contribution in [-0.2, 0) is 24.4 Å². The van der Waals surface area contributed by atoms with Crippen LogP contribution in [0.2, 0.25) is 0 Å². The van der Waals surface area contributed by atoms with Crippen LogP contribution in [0.5, 0.6) is 0 Å².